The largest absolute Gasteiger partial charge is 0.489 e. The Balaban J connectivity index is 1.79. The van der Waals surface area contributed by atoms with E-state index in [2.05, 4.69) is 15.4 Å². The number of hydrogen-bond acceptors (Lipinski definition) is 4. The maximum absolute atomic E-state index is 13.1. The maximum Gasteiger partial charge on any atom is 0.271 e. The summed E-state index contributed by atoms with van der Waals surface area (Å²) < 4.78 is 18.8. The molecule has 8 heteroatoms. The molecule has 0 spiro atoms. The molecular formula is C16H12ClFN4O2. The van der Waals surface area contributed by atoms with Crippen molar-refractivity contribution < 1.29 is 13.9 Å². The minimum absolute atomic E-state index is 0.0403. The third-order valence-corrected chi connectivity index (χ3v) is 3.57. The molecule has 0 saturated carbocycles. The average molecular weight is 347 g/mol. The molecule has 122 valence electrons. The molecular weight excluding hydrogens is 335 g/mol. The van der Waals surface area contributed by atoms with Crippen LogP contribution in [0.2, 0.25) is 5.02 Å². The number of halogens is 2. The number of aromatic nitrogens is 3. The second-order valence-electron chi connectivity index (χ2n) is 4.95. The lowest BCUT2D eigenvalue weighted by atomic mass is 10.1. The number of benzene rings is 2. The number of rotatable bonds is 5. The Hall–Kier alpha value is -2.93. The van der Waals surface area contributed by atoms with Crippen molar-refractivity contribution in [3.63, 3.8) is 0 Å². The number of ether oxygens (including phenoxy) is 1. The van der Waals surface area contributed by atoms with Crippen LogP contribution in [0.1, 0.15) is 16.1 Å². The lowest BCUT2D eigenvalue weighted by Gasteiger charge is -2.08. The van der Waals surface area contributed by atoms with Gasteiger partial charge in [0.05, 0.1) is 5.02 Å². The molecule has 24 heavy (non-hydrogen) atoms. The van der Waals surface area contributed by atoms with Crippen LogP contribution in [0, 0.1) is 5.82 Å². The topological polar surface area (TPSA) is 93.9 Å². The average Bonchev–Trinajstić information content (AvgIpc) is 3.06. The van der Waals surface area contributed by atoms with Gasteiger partial charge < -0.3 is 10.5 Å². The van der Waals surface area contributed by atoms with Gasteiger partial charge >= 0.3 is 0 Å². The van der Waals surface area contributed by atoms with Gasteiger partial charge in [0.2, 0.25) is 0 Å². The first-order chi connectivity index (χ1) is 11.5. The molecule has 1 aromatic heterocycles. The molecule has 3 N–H and O–H groups in total. The van der Waals surface area contributed by atoms with Crippen LogP contribution in [-0.2, 0) is 6.61 Å². The molecule has 0 aliphatic heterocycles. The number of nitrogens with one attached hydrogen (secondary N) is 1. The molecule has 0 atom stereocenters. The van der Waals surface area contributed by atoms with Crippen LogP contribution in [0.5, 0.6) is 5.75 Å². The fourth-order valence-corrected chi connectivity index (χ4v) is 2.34. The number of carbonyl (C=O) groups is 1. The Kier molecular flexibility index (Phi) is 4.43. The van der Waals surface area contributed by atoms with Gasteiger partial charge in [0.1, 0.15) is 23.9 Å². The predicted molar refractivity (Wildman–Crippen MR) is 86.1 cm³/mol. The van der Waals surface area contributed by atoms with Crippen LogP contribution in [0.15, 0.2) is 42.5 Å². The number of amides is 1. The van der Waals surface area contributed by atoms with Crippen LogP contribution >= 0.6 is 11.6 Å². The molecule has 1 amide bonds. The summed E-state index contributed by atoms with van der Waals surface area (Å²) in [4.78, 5) is 11.3. The first kappa shape index (κ1) is 15.9. The van der Waals surface area contributed by atoms with Crippen LogP contribution < -0.4 is 10.5 Å². The van der Waals surface area contributed by atoms with E-state index < -0.39 is 11.7 Å². The fraction of sp³-hybridized carbons (Fsp3) is 0.0625. The van der Waals surface area contributed by atoms with E-state index in [0.29, 0.717) is 17.0 Å². The van der Waals surface area contributed by atoms with Crippen molar-refractivity contribution in [3.05, 3.63) is 64.6 Å². The summed E-state index contributed by atoms with van der Waals surface area (Å²) in [5.74, 6) is -0.607. The van der Waals surface area contributed by atoms with Crippen LogP contribution in [0.4, 0.5) is 4.39 Å². The van der Waals surface area contributed by atoms with Gasteiger partial charge in [-0.25, -0.2) is 4.39 Å². The van der Waals surface area contributed by atoms with E-state index in [1.807, 2.05) is 0 Å². The first-order valence-corrected chi connectivity index (χ1v) is 7.30. The molecule has 0 radical (unpaired) electrons. The number of H-pyrrole nitrogens is 1. The van der Waals surface area contributed by atoms with Gasteiger partial charge in [-0.05, 0) is 29.8 Å². The van der Waals surface area contributed by atoms with E-state index in [9.17, 15) is 9.18 Å². The molecule has 0 bridgehead atoms. The molecule has 3 aromatic rings. The second kappa shape index (κ2) is 6.67. The number of carbonyl (C=O) groups excluding carboxylic acids is 1. The predicted octanol–water partition coefficient (Wildman–Crippen LogP) is 2.94. The molecule has 0 aliphatic carbocycles. The third-order valence-electron chi connectivity index (χ3n) is 3.28. The van der Waals surface area contributed by atoms with Crippen molar-refractivity contribution in [2.75, 3.05) is 0 Å². The molecule has 3 rings (SSSR count). The van der Waals surface area contributed by atoms with Gasteiger partial charge in [-0.3, -0.25) is 4.79 Å². The van der Waals surface area contributed by atoms with Gasteiger partial charge in [0.15, 0.2) is 5.69 Å². The summed E-state index contributed by atoms with van der Waals surface area (Å²) in [5, 5.41) is 10.1. The third kappa shape index (κ3) is 3.36. The minimum Gasteiger partial charge on any atom is -0.489 e. The molecule has 6 nitrogen and oxygen atoms in total. The highest BCUT2D eigenvalue weighted by molar-refractivity contribution is 6.30. The van der Waals surface area contributed by atoms with E-state index >= 15 is 0 Å². The number of nitrogens with two attached hydrogens (primary N) is 1. The highest BCUT2D eigenvalue weighted by Gasteiger charge is 2.15. The normalized spacial score (nSPS) is 10.6. The number of primary amides is 1. The first-order valence-electron chi connectivity index (χ1n) is 6.92. The van der Waals surface area contributed by atoms with Gasteiger partial charge in [-0.2, -0.15) is 15.4 Å². The Morgan fingerprint density at radius 3 is 2.83 bits per heavy atom. The van der Waals surface area contributed by atoms with Crippen molar-refractivity contribution in [1.82, 2.24) is 15.4 Å². The molecule has 2 aromatic carbocycles. The Morgan fingerprint density at radius 2 is 2.08 bits per heavy atom. The summed E-state index contributed by atoms with van der Waals surface area (Å²) in [6, 6.07) is 11.3. The lowest BCUT2D eigenvalue weighted by Crippen LogP contribution is -2.12. The van der Waals surface area contributed by atoms with Crippen molar-refractivity contribution in [3.8, 4) is 17.0 Å². The van der Waals surface area contributed by atoms with Crippen LogP contribution in [-0.4, -0.2) is 21.3 Å². The number of hydrogen-bond donors (Lipinski definition) is 2. The highest BCUT2D eigenvalue weighted by atomic mass is 35.5. The molecule has 0 fully saturated rings. The monoisotopic (exact) mass is 346 g/mol. The quantitative estimate of drug-likeness (QED) is 0.742. The van der Waals surface area contributed by atoms with Crippen molar-refractivity contribution in [2.24, 2.45) is 5.73 Å². The number of nitrogens with zero attached hydrogens (tertiary/aromatic N) is 2. The van der Waals surface area contributed by atoms with Gasteiger partial charge in [-0.15, -0.1) is 0 Å². The standard InChI is InChI=1S/C16H12ClFN4O2/c17-12-6-9(4-5-13(12)18)8-24-11-3-1-2-10(7-11)14-15(16(19)23)21-22-20-14/h1-7H,8H2,(H2,19,23)(H,20,21,22). The summed E-state index contributed by atoms with van der Waals surface area (Å²) in [7, 11) is 0. The minimum atomic E-state index is -0.675. The number of aromatic amines is 1. The van der Waals surface area contributed by atoms with E-state index in [-0.39, 0.29) is 17.3 Å². The maximum atomic E-state index is 13.1. The molecule has 0 saturated heterocycles. The van der Waals surface area contributed by atoms with Crippen LogP contribution in [0.25, 0.3) is 11.3 Å². The van der Waals surface area contributed by atoms with Crippen molar-refractivity contribution in [1.29, 1.82) is 0 Å². The van der Waals surface area contributed by atoms with E-state index in [4.69, 9.17) is 22.1 Å². The van der Waals surface area contributed by atoms with Crippen LogP contribution in [0.3, 0.4) is 0 Å². The smallest absolute Gasteiger partial charge is 0.271 e. The fourth-order valence-electron chi connectivity index (χ4n) is 2.13. The van der Waals surface area contributed by atoms with Gasteiger partial charge in [0, 0.05) is 5.56 Å². The Bertz CT molecular complexity index is 897. The van der Waals surface area contributed by atoms with Crippen molar-refractivity contribution in [2.45, 2.75) is 6.61 Å². The molecule has 0 unspecified atom stereocenters. The molecule has 1 heterocycles. The Morgan fingerprint density at radius 1 is 1.25 bits per heavy atom. The zero-order valence-electron chi connectivity index (χ0n) is 12.3. The summed E-state index contributed by atoms with van der Waals surface area (Å²) in [5.41, 5.74) is 7.02. The summed E-state index contributed by atoms with van der Waals surface area (Å²) in [6.07, 6.45) is 0. The van der Waals surface area contributed by atoms with E-state index in [1.54, 1.807) is 30.3 Å². The molecule has 0 aliphatic rings. The van der Waals surface area contributed by atoms with Gasteiger partial charge in [0.25, 0.3) is 5.91 Å². The zero-order chi connectivity index (χ0) is 17.1. The highest BCUT2D eigenvalue weighted by Crippen LogP contribution is 2.25. The summed E-state index contributed by atoms with van der Waals surface area (Å²) in [6.45, 7) is 0.213. The van der Waals surface area contributed by atoms with Gasteiger partial charge in [-0.1, -0.05) is 29.8 Å². The van der Waals surface area contributed by atoms with E-state index in [1.165, 1.54) is 12.1 Å². The van der Waals surface area contributed by atoms with E-state index in [0.717, 1.165) is 5.56 Å². The lowest BCUT2D eigenvalue weighted by molar-refractivity contribution is 0.0996. The van der Waals surface area contributed by atoms with Crippen molar-refractivity contribution >= 4 is 17.5 Å². The second-order valence-corrected chi connectivity index (χ2v) is 5.36. The zero-order valence-corrected chi connectivity index (χ0v) is 13.0. The Labute approximate surface area is 141 Å². The summed E-state index contributed by atoms with van der Waals surface area (Å²) >= 11 is 5.74. The SMILES string of the molecule is NC(=O)c1n[nH]nc1-c1cccc(OCc2ccc(F)c(Cl)c2)c1.